The van der Waals surface area contributed by atoms with Crippen molar-refractivity contribution in [2.24, 2.45) is 5.92 Å². The second-order valence-electron chi connectivity index (χ2n) is 6.09. The number of carbonyl (C=O) groups is 1. The number of aromatic nitrogens is 4. The Morgan fingerprint density at radius 2 is 2.04 bits per heavy atom. The van der Waals surface area contributed by atoms with Crippen LogP contribution in [0.25, 0.3) is 17.0 Å². The Labute approximate surface area is 143 Å². The zero-order chi connectivity index (χ0) is 17.2. The topological polar surface area (TPSA) is 84.2 Å². The van der Waals surface area contributed by atoms with Gasteiger partial charge in [-0.3, -0.25) is 4.79 Å². The lowest BCUT2D eigenvalue weighted by Crippen LogP contribution is -2.31. The van der Waals surface area contributed by atoms with Crippen LogP contribution in [-0.2, 0) is 4.79 Å². The number of anilines is 1. The summed E-state index contributed by atoms with van der Waals surface area (Å²) in [5.74, 6) is 0.975. The predicted octanol–water partition coefficient (Wildman–Crippen LogP) is 1.87. The molecular formula is C17H17FN6O. The number of rotatable bonds is 6. The molecular weight excluding hydrogens is 323 g/mol. The Morgan fingerprint density at radius 3 is 2.84 bits per heavy atom. The van der Waals surface area contributed by atoms with E-state index < -0.39 is 5.82 Å². The molecule has 1 saturated carbocycles. The molecule has 1 amide bonds. The van der Waals surface area contributed by atoms with E-state index in [4.69, 9.17) is 0 Å². The predicted molar refractivity (Wildman–Crippen MR) is 90.4 cm³/mol. The maximum Gasteiger partial charge on any atom is 0.239 e. The molecule has 1 aliphatic rings. The molecule has 2 heterocycles. The van der Waals surface area contributed by atoms with Crippen molar-refractivity contribution < 1.29 is 9.18 Å². The SMILES string of the molecule is O=C(CNc1ccc2nnc(-c3ccccc3F)n2n1)NCC1CC1. The van der Waals surface area contributed by atoms with Gasteiger partial charge in [-0.05, 0) is 43.0 Å². The Hall–Kier alpha value is -3.03. The molecule has 1 aliphatic carbocycles. The molecule has 1 fully saturated rings. The average Bonchev–Trinajstić information content (AvgIpc) is 3.37. The quantitative estimate of drug-likeness (QED) is 0.716. The zero-order valence-electron chi connectivity index (χ0n) is 13.4. The lowest BCUT2D eigenvalue weighted by Gasteiger charge is -2.07. The Bertz CT molecular complexity index is 920. The molecule has 1 aromatic carbocycles. The normalized spacial score (nSPS) is 13.8. The fraction of sp³-hybridized carbons (Fsp3) is 0.294. The monoisotopic (exact) mass is 340 g/mol. The molecule has 4 rings (SSSR count). The van der Waals surface area contributed by atoms with Crippen molar-refractivity contribution in [2.75, 3.05) is 18.4 Å². The number of halogens is 1. The highest BCUT2D eigenvalue weighted by molar-refractivity contribution is 5.80. The molecule has 0 radical (unpaired) electrons. The van der Waals surface area contributed by atoms with Gasteiger partial charge in [0.05, 0.1) is 12.1 Å². The molecule has 3 aromatic rings. The van der Waals surface area contributed by atoms with Crippen LogP contribution >= 0.6 is 0 Å². The number of carbonyl (C=O) groups excluding carboxylic acids is 1. The van der Waals surface area contributed by atoms with Gasteiger partial charge in [-0.25, -0.2) is 4.39 Å². The minimum atomic E-state index is -0.392. The number of nitrogens with zero attached hydrogens (tertiary/aromatic N) is 4. The van der Waals surface area contributed by atoms with Gasteiger partial charge in [0.15, 0.2) is 11.5 Å². The second-order valence-corrected chi connectivity index (χ2v) is 6.09. The zero-order valence-corrected chi connectivity index (χ0v) is 13.4. The second kappa shape index (κ2) is 6.46. The summed E-state index contributed by atoms with van der Waals surface area (Å²) in [6.07, 6.45) is 2.39. The molecule has 0 atom stereocenters. The van der Waals surface area contributed by atoms with Crippen molar-refractivity contribution in [1.82, 2.24) is 25.1 Å². The first-order chi connectivity index (χ1) is 12.2. The van der Waals surface area contributed by atoms with Crippen LogP contribution in [0.2, 0.25) is 0 Å². The molecule has 0 unspecified atom stereocenters. The van der Waals surface area contributed by atoms with Crippen molar-refractivity contribution >= 4 is 17.4 Å². The van der Waals surface area contributed by atoms with Crippen LogP contribution < -0.4 is 10.6 Å². The fourth-order valence-corrected chi connectivity index (χ4v) is 2.51. The van der Waals surface area contributed by atoms with Crippen LogP contribution in [0.1, 0.15) is 12.8 Å². The summed E-state index contributed by atoms with van der Waals surface area (Å²) >= 11 is 0. The highest BCUT2D eigenvalue weighted by Crippen LogP contribution is 2.27. The van der Waals surface area contributed by atoms with E-state index in [0.29, 0.717) is 28.8 Å². The van der Waals surface area contributed by atoms with Crippen molar-refractivity contribution in [3.05, 3.63) is 42.2 Å². The van der Waals surface area contributed by atoms with Crippen LogP contribution in [0.4, 0.5) is 10.2 Å². The van der Waals surface area contributed by atoms with Gasteiger partial charge in [0.25, 0.3) is 0 Å². The third-order valence-corrected chi connectivity index (χ3v) is 4.09. The summed E-state index contributed by atoms with van der Waals surface area (Å²) in [5, 5.41) is 18.2. The Morgan fingerprint density at radius 1 is 1.20 bits per heavy atom. The van der Waals surface area contributed by atoms with Gasteiger partial charge in [-0.1, -0.05) is 12.1 Å². The number of fused-ring (bicyclic) bond motifs is 1. The van der Waals surface area contributed by atoms with Gasteiger partial charge < -0.3 is 10.6 Å². The molecule has 2 aromatic heterocycles. The van der Waals surface area contributed by atoms with E-state index in [0.717, 1.165) is 6.54 Å². The number of amides is 1. The maximum atomic E-state index is 14.0. The van der Waals surface area contributed by atoms with Crippen molar-refractivity contribution in [3.63, 3.8) is 0 Å². The number of hydrogen-bond acceptors (Lipinski definition) is 5. The summed E-state index contributed by atoms with van der Waals surface area (Å²) in [6.45, 7) is 0.859. The average molecular weight is 340 g/mol. The summed E-state index contributed by atoms with van der Waals surface area (Å²) in [4.78, 5) is 11.8. The van der Waals surface area contributed by atoms with E-state index in [-0.39, 0.29) is 12.5 Å². The first kappa shape index (κ1) is 15.5. The lowest BCUT2D eigenvalue weighted by molar-refractivity contribution is -0.119. The van der Waals surface area contributed by atoms with E-state index in [9.17, 15) is 9.18 Å². The maximum absolute atomic E-state index is 14.0. The van der Waals surface area contributed by atoms with E-state index in [1.54, 1.807) is 30.3 Å². The van der Waals surface area contributed by atoms with E-state index in [1.807, 2.05) is 0 Å². The minimum absolute atomic E-state index is 0.0770. The highest BCUT2D eigenvalue weighted by atomic mass is 19.1. The summed E-state index contributed by atoms with van der Waals surface area (Å²) in [7, 11) is 0. The molecule has 0 spiro atoms. The fourth-order valence-electron chi connectivity index (χ4n) is 2.51. The van der Waals surface area contributed by atoms with E-state index >= 15 is 0 Å². The highest BCUT2D eigenvalue weighted by Gasteiger charge is 2.21. The van der Waals surface area contributed by atoms with Crippen molar-refractivity contribution in [1.29, 1.82) is 0 Å². The van der Waals surface area contributed by atoms with Crippen LogP contribution in [-0.4, -0.2) is 38.8 Å². The molecule has 7 nitrogen and oxygen atoms in total. The van der Waals surface area contributed by atoms with Crippen LogP contribution in [0.15, 0.2) is 36.4 Å². The van der Waals surface area contributed by atoms with Crippen LogP contribution in [0, 0.1) is 11.7 Å². The van der Waals surface area contributed by atoms with E-state index in [2.05, 4.69) is 25.9 Å². The van der Waals surface area contributed by atoms with Gasteiger partial charge in [0.2, 0.25) is 5.91 Å². The van der Waals surface area contributed by atoms with Crippen molar-refractivity contribution in [2.45, 2.75) is 12.8 Å². The first-order valence-electron chi connectivity index (χ1n) is 8.18. The molecule has 0 saturated heterocycles. The third-order valence-electron chi connectivity index (χ3n) is 4.09. The van der Waals surface area contributed by atoms with Crippen LogP contribution in [0.3, 0.4) is 0 Å². The van der Waals surface area contributed by atoms with Crippen molar-refractivity contribution in [3.8, 4) is 11.4 Å². The smallest absolute Gasteiger partial charge is 0.239 e. The number of benzene rings is 1. The molecule has 25 heavy (non-hydrogen) atoms. The van der Waals surface area contributed by atoms with E-state index in [1.165, 1.54) is 23.4 Å². The first-order valence-corrected chi connectivity index (χ1v) is 8.18. The number of nitrogens with one attached hydrogen (secondary N) is 2. The van der Waals surface area contributed by atoms with Gasteiger partial charge in [-0.2, -0.15) is 4.52 Å². The Kier molecular flexibility index (Phi) is 4.01. The molecule has 0 bridgehead atoms. The minimum Gasteiger partial charge on any atom is -0.360 e. The molecule has 128 valence electrons. The molecule has 8 heteroatoms. The number of hydrogen-bond donors (Lipinski definition) is 2. The Balaban J connectivity index is 1.52. The van der Waals surface area contributed by atoms with Gasteiger partial charge >= 0.3 is 0 Å². The van der Waals surface area contributed by atoms with Gasteiger partial charge in [-0.15, -0.1) is 15.3 Å². The standard InChI is InChI=1S/C17H17FN6O/c18-13-4-2-1-3-12(13)17-22-21-15-8-7-14(23-24(15)17)19-10-16(25)20-9-11-5-6-11/h1-4,7-8,11H,5-6,9-10H2,(H,19,23)(H,20,25). The van der Waals surface area contributed by atoms with Crippen LogP contribution in [0.5, 0.6) is 0 Å². The third kappa shape index (κ3) is 3.42. The van der Waals surface area contributed by atoms with Gasteiger partial charge in [0.1, 0.15) is 11.6 Å². The summed E-state index contributed by atoms with van der Waals surface area (Å²) < 4.78 is 15.5. The largest absolute Gasteiger partial charge is 0.360 e. The lowest BCUT2D eigenvalue weighted by atomic mass is 10.2. The summed E-state index contributed by atoms with van der Waals surface area (Å²) in [6, 6.07) is 9.76. The molecule has 2 N–H and O–H groups in total. The molecule has 0 aliphatic heterocycles. The summed E-state index contributed by atoms with van der Waals surface area (Å²) in [5.41, 5.74) is 0.823. The van der Waals surface area contributed by atoms with Gasteiger partial charge in [0, 0.05) is 6.54 Å².